The maximum Gasteiger partial charge on any atom is 0.360 e. The monoisotopic (exact) mass is 275 g/mol. The van der Waals surface area contributed by atoms with E-state index in [2.05, 4.69) is 5.32 Å². The summed E-state index contributed by atoms with van der Waals surface area (Å²) in [4.78, 5) is 23.1. The van der Waals surface area contributed by atoms with Crippen LogP contribution in [-0.2, 0) is 18.4 Å². The lowest BCUT2D eigenvalue weighted by molar-refractivity contribution is -0.119. The molecular weight excluding hydrogens is 261 g/mol. The van der Waals surface area contributed by atoms with Gasteiger partial charge < -0.3 is 18.8 Å². The number of carbonyl (C=O) groups is 2. The van der Waals surface area contributed by atoms with E-state index in [-0.39, 0.29) is 5.76 Å². The van der Waals surface area contributed by atoms with Crippen molar-refractivity contribution in [2.45, 2.75) is 12.7 Å². The average Bonchev–Trinajstić information content (AvgIpc) is 2.87. The second kappa shape index (κ2) is 5.95. The van der Waals surface area contributed by atoms with Gasteiger partial charge in [0.05, 0.1) is 6.26 Å². The largest absolute Gasteiger partial charge is 0.461 e. The van der Waals surface area contributed by atoms with E-state index >= 15 is 0 Å². The van der Waals surface area contributed by atoms with Crippen LogP contribution in [-0.4, -0.2) is 31.7 Å². The Bertz CT molecular complexity index is 461. The van der Waals surface area contributed by atoms with Gasteiger partial charge in [-0.05, 0) is 12.1 Å². The summed E-state index contributed by atoms with van der Waals surface area (Å²) in [5.74, 6) is -2.68. The molecule has 1 rings (SSSR count). The van der Waals surface area contributed by atoms with Crippen LogP contribution in [0, 0.1) is 0 Å². The molecule has 1 heterocycles. The van der Waals surface area contributed by atoms with E-state index in [4.69, 9.17) is 13.5 Å². The Kier molecular flexibility index (Phi) is 4.84. The summed E-state index contributed by atoms with van der Waals surface area (Å²) in [7, 11) is -1.52. The molecular formula is C10H14NO6P. The average molecular weight is 275 g/mol. The third-order valence-electron chi connectivity index (χ3n) is 2.18. The molecule has 1 amide bonds. The summed E-state index contributed by atoms with van der Waals surface area (Å²) in [5.41, 5.74) is 0. The number of hydrogen-bond donors (Lipinski definition) is 1. The van der Waals surface area contributed by atoms with Crippen LogP contribution < -0.4 is 5.32 Å². The van der Waals surface area contributed by atoms with E-state index in [0.29, 0.717) is 0 Å². The minimum Gasteiger partial charge on any atom is -0.461 e. The van der Waals surface area contributed by atoms with Gasteiger partial charge in [0.25, 0.3) is 0 Å². The van der Waals surface area contributed by atoms with Crippen LogP contribution in [0.25, 0.3) is 0 Å². The molecule has 0 saturated carbocycles. The lowest BCUT2D eigenvalue weighted by atomic mass is 10.3. The zero-order chi connectivity index (χ0) is 13.8. The van der Waals surface area contributed by atoms with Gasteiger partial charge in [-0.1, -0.05) is 0 Å². The summed E-state index contributed by atoms with van der Waals surface area (Å²) >= 11 is 0. The SMILES string of the molecule is COP(=O)(OC)[C@H](NC(C)=O)C(=O)c1ccco1. The van der Waals surface area contributed by atoms with Crippen LogP contribution in [0.15, 0.2) is 22.8 Å². The minimum atomic E-state index is -3.78. The standard InChI is InChI=1S/C10H14NO6P/c1-7(12)11-10(18(14,15-2)16-3)9(13)8-5-4-6-17-8/h4-6,10H,1-3H3,(H,11,12)/t10-/m0/s1. The smallest absolute Gasteiger partial charge is 0.360 e. The normalized spacial score (nSPS) is 13.1. The first-order valence-electron chi connectivity index (χ1n) is 5.00. The van der Waals surface area contributed by atoms with Gasteiger partial charge in [-0.2, -0.15) is 0 Å². The molecule has 0 unspecified atom stereocenters. The first kappa shape index (κ1) is 14.6. The van der Waals surface area contributed by atoms with Crippen LogP contribution in [0.5, 0.6) is 0 Å². The second-order valence-corrected chi connectivity index (χ2v) is 5.68. The van der Waals surface area contributed by atoms with Crippen molar-refractivity contribution in [3.8, 4) is 0 Å². The van der Waals surface area contributed by atoms with E-state index in [9.17, 15) is 14.2 Å². The van der Waals surface area contributed by atoms with Crippen molar-refractivity contribution in [3.63, 3.8) is 0 Å². The van der Waals surface area contributed by atoms with E-state index in [1.807, 2.05) is 0 Å². The molecule has 1 atom stereocenters. The molecule has 0 aliphatic rings. The summed E-state index contributed by atoms with van der Waals surface area (Å²) in [6, 6.07) is 2.90. The Morgan fingerprint density at radius 1 is 1.39 bits per heavy atom. The second-order valence-electron chi connectivity index (χ2n) is 3.35. The fourth-order valence-electron chi connectivity index (χ4n) is 1.32. The maximum absolute atomic E-state index is 12.2. The molecule has 18 heavy (non-hydrogen) atoms. The number of nitrogens with one attached hydrogen (secondary N) is 1. The highest BCUT2D eigenvalue weighted by atomic mass is 31.2. The van der Waals surface area contributed by atoms with Crippen LogP contribution in [0.4, 0.5) is 0 Å². The molecule has 0 spiro atoms. The van der Waals surface area contributed by atoms with Gasteiger partial charge in [0.2, 0.25) is 11.7 Å². The zero-order valence-corrected chi connectivity index (χ0v) is 11.1. The number of ketones is 1. The maximum atomic E-state index is 12.2. The highest BCUT2D eigenvalue weighted by Gasteiger charge is 2.42. The predicted molar refractivity (Wildman–Crippen MR) is 62.3 cm³/mol. The van der Waals surface area contributed by atoms with Gasteiger partial charge in [-0.25, -0.2) is 0 Å². The van der Waals surface area contributed by atoms with Gasteiger partial charge in [0.1, 0.15) is 0 Å². The van der Waals surface area contributed by atoms with Crippen molar-refractivity contribution in [2.75, 3.05) is 14.2 Å². The van der Waals surface area contributed by atoms with Crippen molar-refractivity contribution in [1.82, 2.24) is 5.32 Å². The van der Waals surface area contributed by atoms with Gasteiger partial charge in [0, 0.05) is 21.1 Å². The lowest BCUT2D eigenvalue weighted by Gasteiger charge is -2.22. The summed E-state index contributed by atoms with van der Waals surface area (Å²) < 4.78 is 26.6. The Hall–Kier alpha value is -1.43. The van der Waals surface area contributed by atoms with Crippen molar-refractivity contribution in [2.24, 2.45) is 0 Å². The van der Waals surface area contributed by atoms with E-state index in [1.165, 1.54) is 25.3 Å². The summed E-state index contributed by atoms with van der Waals surface area (Å²) in [5, 5.41) is 2.25. The Morgan fingerprint density at radius 2 is 2.00 bits per heavy atom. The lowest BCUT2D eigenvalue weighted by Crippen LogP contribution is -2.40. The van der Waals surface area contributed by atoms with E-state index in [0.717, 1.165) is 14.2 Å². The number of carbonyl (C=O) groups excluding carboxylic acids is 2. The number of amides is 1. The van der Waals surface area contributed by atoms with Gasteiger partial charge in [0.15, 0.2) is 11.5 Å². The molecule has 0 aromatic carbocycles. The predicted octanol–water partition coefficient (Wildman–Crippen LogP) is 1.41. The number of rotatable bonds is 6. The molecule has 0 saturated heterocycles. The van der Waals surface area contributed by atoms with Crippen molar-refractivity contribution in [1.29, 1.82) is 0 Å². The van der Waals surface area contributed by atoms with Crippen molar-refractivity contribution in [3.05, 3.63) is 24.2 Å². The molecule has 0 radical (unpaired) electrons. The summed E-state index contributed by atoms with van der Waals surface area (Å²) in [6.45, 7) is 1.19. The fraction of sp³-hybridized carbons (Fsp3) is 0.400. The molecule has 7 nitrogen and oxygen atoms in total. The molecule has 1 aromatic rings. The van der Waals surface area contributed by atoms with Crippen molar-refractivity contribution < 1.29 is 27.6 Å². The molecule has 0 aliphatic heterocycles. The quantitative estimate of drug-likeness (QED) is 0.623. The first-order chi connectivity index (χ1) is 8.44. The third-order valence-corrected chi connectivity index (χ3v) is 4.19. The highest BCUT2D eigenvalue weighted by Crippen LogP contribution is 2.51. The first-order valence-corrected chi connectivity index (χ1v) is 6.62. The number of hydrogen-bond acceptors (Lipinski definition) is 6. The van der Waals surface area contributed by atoms with Crippen molar-refractivity contribution >= 4 is 19.3 Å². The van der Waals surface area contributed by atoms with Crippen LogP contribution in [0.3, 0.4) is 0 Å². The third kappa shape index (κ3) is 3.07. The summed E-state index contributed by atoms with van der Waals surface area (Å²) in [6.07, 6.45) is 1.29. The number of furan rings is 1. The Balaban J connectivity index is 3.09. The Morgan fingerprint density at radius 3 is 2.39 bits per heavy atom. The van der Waals surface area contributed by atoms with Gasteiger partial charge in [-0.15, -0.1) is 0 Å². The molecule has 0 aliphatic carbocycles. The fourth-order valence-corrected chi connectivity index (χ4v) is 2.64. The highest BCUT2D eigenvalue weighted by molar-refractivity contribution is 7.55. The molecule has 1 N–H and O–H groups in total. The van der Waals surface area contributed by atoms with Gasteiger partial charge in [-0.3, -0.25) is 14.2 Å². The molecule has 0 bridgehead atoms. The Labute approximate surface area is 104 Å². The van der Waals surface area contributed by atoms with Crippen LogP contribution in [0.2, 0.25) is 0 Å². The van der Waals surface area contributed by atoms with Gasteiger partial charge >= 0.3 is 7.60 Å². The molecule has 0 fully saturated rings. The zero-order valence-electron chi connectivity index (χ0n) is 10.2. The molecule has 1 aromatic heterocycles. The van der Waals surface area contributed by atoms with Crippen LogP contribution in [0.1, 0.15) is 17.5 Å². The number of Topliss-reactive ketones (excluding diaryl/α,β-unsaturated/α-hetero) is 1. The molecule has 8 heteroatoms. The topological polar surface area (TPSA) is 94.8 Å². The van der Waals surface area contributed by atoms with Crippen LogP contribution >= 0.6 is 7.60 Å². The van der Waals surface area contributed by atoms with E-state index in [1.54, 1.807) is 0 Å². The minimum absolute atomic E-state index is 0.0388. The van der Waals surface area contributed by atoms with E-state index < -0.39 is 25.1 Å². The molecule has 100 valence electrons.